The van der Waals surface area contributed by atoms with Crippen LogP contribution in [0.4, 0.5) is 13.2 Å². The number of nitrogens with two attached hydrogens (primary N) is 1. The number of halogens is 4. The van der Waals surface area contributed by atoms with Crippen LogP contribution in [-0.4, -0.2) is 17.1 Å². The van der Waals surface area contributed by atoms with Gasteiger partial charge < -0.3 is 10.5 Å². The lowest BCUT2D eigenvalue weighted by atomic mass is 9.93. The van der Waals surface area contributed by atoms with Gasteiger partial charge in [0.2, 0.25) is 0 Å². The predicted octanol–water partition coefficient (Wildman–Crippen LogP) is 6.72. The molecule has 0 aliphatic heterocycles. The molecule has 3 nitrogen and oxygen atoms in total. The van der Waals surface area contributed by atoms with Crippen molar-refractivity contribution >= 4 is 22.5 Å². The summed E-state index contributed by atoms with van der Waals surface area (Å²) < 4.78 is 46.9. The van der Waals surface area contributed by atoms with Crippen molar-refractivity contribution in [2.24, 2.45) is 11.7 Å². The van der Waals surface area contributed by atoms with Gasteiger partial charge in [-0.25, -0.2) is 0 Å². The fourth-order valence-corrected chi connectivity index (χ4v) is 3.77. The van der Waals surface area contributed by atoms with E-state index in [2.05, 4.69) is 4.98 Å². The van der Waals surface area contributed by atoms with Crippen LogP contribution in [0.15, 0.2) is 48.7 Å². The van der Waals surface area contributed by atoms with E-state index in [9.17, 15) is 13.2 Å². The highest BCUT2D eigenvalue weighted by Crippen LogP contribution is 2.40. The second-order valence-corrected chi connectivity index (χ2v) is 8.77. The van der Waals surface area contributed by atoms with E-state index in [1.54, 1.807) is 36.5 Å². The molecule has 0 radical (unpaired) electrons. The zero-order valence-corrected chi connectivity index (χ0v) is 17.8. The molecule has 0 unspecified atom stereocenters. The summed E-state index contributed by atoms with van der Waals surface area (Å²) in [7, 11) is 0. The van der Waals surface area contributed by atoms with E-state index in [1.165, 1.54) is 6.07 Å². The zero-order valence-electron chi connectivity index (χ0n) is 17.1. The molecule has 3 aromatic rings. The van der Waals surface area contributed by atoms with Gasteiger partial charge >= 0.3 is 6.18 Å². The molecule has 0 aliphatic rings. The minimum absolute atomic E-state index is 0.0136. The molecule has 0 amide bonds. The molecule has 1 heterocycles. The third kappa shape index (κ3) is 5.43. The number of hydrogen-bond donors (Lipinski definition) is 1. The minimum atomic E-state index is -4.55. The van der Waals surface area contributed by atoms with Gasteiger partial charge in [-0.2, -0.15) is 13.2 Å². The number of pyridine rings is 1. The van der Waals surface area contributed by atoms with Gasteiger partial charge in [-0.1, -0.05) is 30.7 Å². The van der Waals surface area contributed by atoms with Crippen LogP contribution in [-0.2, 0) is 6.18 Å². The summed E-state index contributed by atoms with van der Waals surface area (Å²) in [5.74, 6) is -0.172. The predicted molar refractivity (Wildman–Crippen MR) is 115 cm³/mol. The molecule has 0 spiro atoms. The molecule has 0 aliphatic carbocycles. The van der Waals surface area contributed by atoms with Crippen molar-refractivity contribution in [2.75, 3.05) is 6.61 Å². The van der Waals surface area contributed by atoms with Gasteiger partial charge in [0.1, 0.15) is 5.75 Å². The van der Waals surface area contributed by atoms with E-state index in [0.29, 0.717) is 28.1 Å². The largest absolute Gasteiger partial charge is 0.493 e. The quantitative estimate of drug-likeness (QED) is 0.466. The first-order valence-corrected chi connectivity index (χ1v) is 9.99. The summed E-state index contributed by atoms with van der Waals surface area (Å²) in [5, 5.41) is 1.24. The Kier molecular flexibility index (Phi) is 6.29. The van der Waals surface area contributed by atoms with Gasteiger partial charge in [-0.15, -0.1) is 0 Å². The zero-order chi connectivity index (χ0) is 22.1. The van der Waals surface area contributed by atoms with Crippen LogP contribution in [0.1, 0.15) is 32.8 Å². The monoisotopic (exact) mass is 436 g/mol. The van der Waals surface area contributed by atoms with Gasteiger partial charge in [0.05, 0.1) is 17.7 Å². The lowest BCUT2D eigenvalue weighted by molar-refractivity contribution is -0.139. The molecule has 0 fully saturated rings. The van der Waals surface area contributed by atoms with Gasteiger partial charge in [0.25, 0.3) is 0 Å². The van der Waals surface area contributed by atoms with E-state index in [4.69, 9.17) is 22.1 Å². The molecule has 160 valence electrons. The normalized spacial score (nSPS) is 13.5. The van der Waals surface area contributed by atoms with Gasteiger partial charge in [0, 0.05) is 22.1 Å². The Morgan fingerprint density at radius 2 is 1.83 bits per heavy atom. The maximum atomic E-state index is 13.8. The molecule has 2 aromatic carbocycles. The summed E-state index contributed by atoms with van der Waals surface area (Å²) >= 11 is 6.01. The van der Waals surface area contributed by atoms with Crippen LogP contribution in [0.5, 0.6) is 5.75 Å². The topological polar surface area (TPSA) is 48.1 Å². The number of ether oxygens (including phenoxy) is 1. The molecule has 0 saturated carbocycles. The van der Waals surface area contributed by atoms with Crippen LogP contribution in [0, 0.1) is 5.92 Å². The number of benzene rings is 2. The molecule has 3 rings (SSSR count). The Morgan fingerprint density at radius 1 is 1.10 bits per heavy atom. The standard InChI is InChI=1S/C23H24ClF3N2O/c1-14(12-22(2,3)28)13-30-21-7-4-15(10-19(21)23(25,26)27)17-8-9-29-20-11-16(24)5-6-18(17)20/h4-11,14H,12-13,28H2,1-3H3/t14-/m0/s1. The number of fused-ring (bicyclic) bond motifs is 1. The second kappa shape index (κ2) is 8.44. The molecule has 0 bridgehead atoms. The molecule has 0 saturated heterocycles. The molecular weight excluding hydrogens is 413 g/mol. The van der Waals surface area contributed by atoms with Crippen LogP contribution >= 0.6 is 11.6 Å². The van der Waals surface area contributed by atoms with Crippen molar-refractivity contribution < 1.29 is 17.9 Å². The molecule has 1 aromatic heterocycles. The second-order valence-electron chi connectivity index (χ2n) is 8.34. The van der Waals surface area contributed by atoms with Crippen molar-refractivity contribution in [2.45, 2.75) is 38.9 Å². The van der Waals surface area contributed by atoms with Crippen molar-refractivity contribution in [3.05, 3.63) is 59.2 Å². The fourth-order valence-electron chi connectivity index (χ4n) is 3.61. The third-order valence-corrected chi connectivity index (χ3v) is 4.93. The van der Waals surface area contributed by atoms with E-state index in [-0.39, 0.29) is 18.3 Å². The molecule has 7 heteroatoms. The molecule has 30 heavy (non-hydrogen) atoms. The van der Waals surface area contributed by atoms with Crippen LogP contribution in [0.2, 0.25) is 5.02 Å². The Hall–Kier alpha value is -2.31. The highest BCUT2D eigenvalue weighted by molar-refractivity contribution is 6.31. The first-order chi connectivity index (χ1) is 13.9. The summed E-state index contributed by atoms with van der Waals surface area (Å²) in [6.07, 6.45) is -2.35. The van der Waals surface area contributed by atoms with Crippen LogP contribution in [0.25, 0.3) is 22.0 Å². The molecular formula is C23H24ClF3N2O. The Morgan fingerprint density at radius 3 is 2.50 bits per heavy atom. The van der Waals surface area contributed by atoms with Crippen LogP contribution in [0.3, 0.4) is 0 Å². The molecule has 1 atom stereocenters. The van der Waals surface area contributed by atoms with E-state index >= 15 is 0 Å². The summed E-state index contributed by atoms with van der Waals surface area (Å²) in [6.45, 7) is 5.82. The van der Waals surface area contributed by atoms with E-state index in [0.717, 1.165) is 11.5 Å². The van der Waals surface area contributed by atoms with Crippen molar-refractivity contribution in [1.82, 2.24) is 4.98 Å². The van der Waals surface area contributed by atoms with Gasteiger partial charge in [-0.3, -0.25) is 4.98 Å². The summed E-state index contributed by atoms with van der Waals surface area (Å²) in [5.41, 5.74) is 6.47. The van der Waals surface area contributed by atoms with Crippen LogP contribution < -0.4 is 10.5 Å². The lowest BCUT2D eigenvalue weighted by Crippen LogP contribution is -2.35. The maximum Gasteiger partial charge on any atom is 0.419 e. The molecule has 2 N–H and O–H groups in total. The SMILES string of the molecule is C[C@H](COc1ccc(-c2ccnc3cc(Cl)ccc23)cc1C(F)(F)F)CC(C)(C)N. The number of nitrogens with zero attached hydrogens (tertiary/aromatic N) is 1. The van der Waals surface area contributed by atoms with Crippen molar-refractivity contribution in [3.63, 3.8) is 0 Å². The fraction of sp³-hybridized carbons (Fsp3) is 0.348. The minimum Gasteiger partial charge on any atom is -0.493 e. The Bertz CT molecular complexity index is 1040. The number of alkyl halides is 3. The van der Waals surface area contributed by atoms with Crippen molar-refractivity contribution in [3.8, 4) is 16.9 Å². The van der Waals surface area contributed by atoms with Crippen molar-refractivity contribution in [1.29, 1.82) is 0 Å². The maximum absolute atomic E-state index is 13.8. The highest BCUT2D eigenvalue weighted by Gasteiger charge is 2.35. The average Bonchev–Trinajstić information content (AvgIpc) is 2.63. The highest BCUT2D eigenvalue weighted by atomic mass is 35.5. The van der Waals surface area contributed by atoms with E-state index in [1.807, 2.05) is 20.8 Å². The lowest BCUT2D eigenvalue weighted by Gasteiger charge is -2.24. The first-order valence-electron chi connectivity index (χ1n) is 9.61. The van der Waals surface area contributed by atoms with E-state index < -0.39 is 17.3 Å². The number of aromatic nitrogens is 1. The Labute approximate surface area is 179 Å². The summed E-state index contributed by atoms with van der Waals surface area (Å²) in [4.78, 5) is 4.25. The summed E-state index contributed by atoms with van der Waals surface area (Å²) in [6, 6.07) is 11.0. The number of rotatable bonds is 6. The third-order valence-electron chi connectivity index (χ3n) is 4.70. The Balaban J connectivity index is 1.96. The first kappa shape index (κ1) is 22.4. The number of hydrogen-bond acceptors (Lipinski definition) is 3. The smallest absolute Gasteiger partial charge is 0.419 e. The van der Waals surface area contributed by atoms with Gasteiger partial charge in [-0.05, 0) is 67.6 Å². The van der Waals surface area contributed by atoms with Gasteiger partial charge in [0.15, 0.2) is 0 Å². The average molecular weight is 437 g/mol.